The molecule has 1 saturated carbocycles. The molecule has 0 aromatic heterocycles. The van der Waals surface area contributed by atoms with E-state index in [2.05, 4.69) is 15.6 Å². The zero-order valence-electron chi connectivity index (χ0n) is 17.1. The topological polar surface area (TPSA) is 79.8 Å². The van der Waals surface area contributed by atoms with Gasteiger partial charge < -0.3 is 15.4 Å². The van der Waals surface area contributed by atoms with Gasteiger partial charge in [0.05, 0.1) is 10.5 Å². The third-order valence-electron chi connectivity index (χ3n) is 5.10. The molecule has 0 radical (unpaired) electrons. The van der Waals surface area contributed by atoms with E-state index in [1.54, 1.807) is 27.8 Å². The number of sulfone groups is 1. The predicted octanol–water partition coefficient (Wildman–Crippen LogP) is 2.97. The fraction of sp³-hybridized carbons (Fsp3) is 0.944. The second-order valence-electron chi connectivity index (χ2n) is 7.94. The van der Waals surface area contributed by atoms with Crippen molar-refractivity contribution in [1.29, 1.82) is 0 Å². The Morgan fingerprint density at radius 2 is 1.81 bits per heavy atom. The van der Waals surface area contributed by atoms with Crippen LogP contribution in [0.5, 0.6) is 0 Å². The molecule has 8 heteroatoms. The molecule has 1 fully saturated rings. The maximum atomic E-state index is 12.2. The molecular weight excluding hydrogens is 465 g/mol. The summed E-state index contributed by atoms with van der Waals surface area (Å²) >= 11 is 0. The number of aliphatic imine (C=N–C) groups is 1. The highest BCUT2D eigenvalue weighted by Crippen LogP contribution is 2.40. The van der Waals surface area contributed by atoms with Crippen molar-refractivity contribution >= 4 is 39.8 Å². The summed E-state index contributed by atoms with van der Waals surface area (Å²) in [4.78, 5) is 4.23. The monoisotopic (exact) mass is 503 g/mol. The van der Waals surface area contributed by atoms with Crippen LogP contribution < -0.4 is 10.6 Å². The number of halogens is 1. The van der Waals surface area contributed by atoms with Crippen LogP contribution in [0, 0.1) is 5.41 Å². The third kappa shape index (κ3) is 8.29. The largest absolute Gasteiger partial charge is 0.382 e. The number of hydrogen-bond acceptors (Lipinski definition) is 4. The van der Waals surface area contributed by atoms with Crippen LogP contribution in [0.2, 0.25) is 0 Å². The molecule has 6 nitrogen and oxygen atoms in total. The molecular formula is C18H38IN3O3S. The van der Waals surface area contributed by atoms with E-state index in [-0.39, 0.29) is 35.1 Å². The van der Waals surface area contributed by atoms with Crippen LogP contribution in [0.3, 0.4) is 0 Å². The molecule has 0 heterocycles. The minimum absolute atomic E-state index is 0. The number of rotatable bonds is 9. The van der Waals surface area contributed by atoms with Crippen molar-refractivity contribution in [2.75, 3.05) is 39.1 Å². The zero-order chi connectivity index (χ0) is 19.0. The summed E-state index contributed by atoms with van der Waals surface area (Å²) < 4.78 is 29.2. The van der Waals surface area contributed by atoms with Crippen molar-refractivity contribution in [3.05, 3.63) is 0 Å². The van der Waals surface area contributed by atoms with E-state index in [1.807, 2.05) is 6.92 Å². The Kier molecular flexibility index (Phi) is 11.6. The maximum Gasteiger partial charge on any atom is 0.191 e. The van der Waals surface area contributed by atoms with Gasteiger partial charge in [-0.15, -0.1) is 24.0 Å². The molecule has 0 atom stereocenters. The van der Waals surface area contributed by atoms with Gasteiger partial charge in [-0.25, -0.2) is 8.42 Å². The van der Waals surface area contributed by atoms with E-state index < -0.39 is 14.6 Å². The van der Waals surface area contributed by atoms with Gasteiger partial charge in [0.25, 0.3) is 0 Å². The Balaban J connectivity index is 0.00000625. The molecule has 1 aliphatic carbocycles. The molecule has 0 aromatic carbocycles. The van der Waals surface area contributed by atoms with E-state index >= 15 is 0 Å². The van der Waals surface area contributed by atoms with Crippen LogP contribution in [-0.2, 0) is 14.6 Å². The average Bonchev–Trinajstić information content (AvgIpc) is 2.99. The van der Waals surface area contributed by atoms with E-state index in [9.17, 15) is 8.42 Å². The molecule has 156 valence electrons. The molecule has 2 N–H and O–H groups in total. The van der Waals surface area contributed by atoms with Gasteiger partial charge in [-0.3, -0.25) is 4.99 Å². The van der Waals surface area contributed by atoms with Crippen molar-refractivity contribution in [2.24, 2.45) is 10.4 Å². The summed E-state index contributed by atoms with van der Waals surface area (Å²) in [6, 6.07) is 0. The van der Waals surface area contributed by atoms with E-state index in [1.165, 1.54) is 25.7 Å². The molecule has 0 spiro atoms. The van der Waals surface area contributed by atoms with E-state index in [0.29, 0.717) is 12.5 Å². The van der Waals surface area contributed by atoms with Gasteiger partial charge in [-0.2, -0.15) is 0 Å². The van der Waals surface area contributed by atoms with Crippen LogP contribution >= 0.6 is 24.0 Å². The first-order valence-corrected chi connectivity index (χ1v) is 11.1. The summed E-state index contributed by atoms with van der Waals surface area (Å²) in [6.45, 7) is 10.0. The van der Waals surface area contributed by atoms with Crippen LogP contribution in [0.1, 0.15) is 59.8 Å². The maximum absolute atomic E-state index is 12.2. The number of nitrogens with one attached hydrogen (secondary N) is 2. The molecule has 0 aliphatic heterocycles. The average molecular weight is 503 g/mol. The lowest BCUT2D eigenvalue weighted by Gasteiger charge is -2.30. The van der Waals surface area contributed by atoms with Crippen molar-refractivity contribution in [3.63, 3.8) is 0 Å². The summed E-state index contributed by atoms with van der Waals surface area (Å²) in [5.74, 6) is 0.777. The molecule has 0 bridgehead atoms. The van der Waals surface area contributed by atoms with Gasteiger partial charge >= 0.3 is 0 Å². The standard InChI is InChI=1S/C18H37N3O3S.HI/c1-6-24-13-11-18(9-7-8-10-18)15-21-16(19-5)20-12-14-25(22,23)17(2,3)4;/h6-15H2,1-5H3,(H2,19,20,21);1H. The summed E-state index contributed by atoms with van der Waals surface area (Å²) in [6.07, 6.45) is 6.02. The van der Waals surface area contributed by atoms with Crippen molar-refractivity contribution in [3.8, 4) is 0 Å². The normalized spacial score (nSPS) is 17.7. The summed E-state index contributed by atoms with van der Waals surface area (Å²) in [5, 5.41) is 6.53. The highest BCUT2D eigenvalue weighted by Gasteiger charge is 2.33. The van der Waals surface area contributed by atoms with Crippen LogP contribution in [0.25, 0.3) is 0 Å². The third-order valence-corrected chi connectivity index (χ3v) is 7.70. The fourth-order valence-corrected chi connectivity index (χ4v) is 4.16. The lowest BCUT2D eigenvalue weighted by molar-refractivity contribution is 0.105. The minimum Gasteiger partial charge on any atom is -0.382 e. The number of ether oxygens (including phenoxy) is 1. The van der Waals surface area contributed by atoms with Crippen molar-refractivity contribution in [1.82, 2.24) is 10.6 Å². The summed E-state index contributed by atoms with van der Waals surface area (Å²) in [7, 11) is -1.40. The number of nitrogens with zero attached hydrogens (tertiary/aromatic N) is 1. The molecule has 1 rings (SSSR count). The summed E-state index contributed by atoms with van der Waals surface area (Å²) in [5.41, 5.74) is 0.268. The van der Waals surface area contributed by atoms with Crippen LogP contribution in [-0.4, -0.2) is 58.2 Å². The van der Waals surface area contributed by atoms with Crippen molar-refractivity contribution in [2.45, 2.75) is 64.5 Å². The van der Waals surface area contributed by atoms with Gasteiger partial charge in [-0.1, -0.05) is 12.8 Å². The van der Waals surface area contributed by atoms with Gasteiger partial charge in [-0.05, 0) is 52.4 Å². The molecule has 26 heavy (non-hydrogen) atoms. The van der Waals surface area contributed by atoms with Gasteiger partial charge in [0.1, 0.15) is 0 Å². The lowest BCUT2D eigenvalue weighted by atomic mass is 9.83. The van der Waals surface area contributed by atoms with Gasteiger partial charge in [0.2, 0.25) is 0 Å². The Labute approximate surface area is 177 Å². The second kappa shape index (κ2) is 11.7. The smallest absolute Gasteiger partial charge is 0.191 e. The Bertz CT molecular complexity index is 524. The first-order chi connectivity index (χ1) is 11.7. The van der Waals surface area contributed by atoms with Gasteiger partial charge in [0, 0.05) is 33.4 Å². The first-order valence-electron chi connectivity index (χ1n) is 9.40. The zero-order valence-corrected chi connectivity index (χ0v) is 20.2. The van der Waals surface area contributed by atoms with Crippen LogP contribution in [0.15, 0.2) is 4.99 Å². The number of hydrogen-bond donors (Lipinski definition) is 2. The Morgan fingerprint density at radius 3 is 2.31 bits per heavy atom. The second-order valence-corrected chi connectivity index (χ2v) is 10.8. The van der Waals surface area contributed by atoms with Crippen molar-refractivity contribution < 1.29 is 13.2 Å². The molecule has 0 amide bonds. The molecule has 0 aromatic rings. The lowest BCUT2D eigenvalue weighted by Crippen LogP contribution is -2.45. The Hall–Kier alpha value is -0.0900. The van der Waals surface area contributed by atoms with Gasteiger partial charge in [0.15, 0.2) is 15.8 Å². The first kappa shape index (κ1) is 25.9. The minimum atomic E-state index is -3.12. The molecule has 0 saturated heterocycles. The molecule has 1 aliphatic rings. The fourth-order valence-electron chi connectivity index (χ4n) is 3.17. The highest BCUT2D eigenvalue weighted by molar-refractivity contribution is 14.0. The Morgan fingerprint density at radius 1 is 1.19 bits per heavy atom. The number of guanidine groups is 1. The quantitative estimate of drug-likeness (QED) is 0.219. The van der Waals surface area contributed by atoms with Crippen LogP contribution in [0.4, 0.5) is 0 Å². The predicted molar refractivity (Wildman–Crippen MR) is 120 cm³/mol. The SMILES string of the molecule is CCOCCC1(CNC(=NC)NCCS(=O)(=O)C(C)(C)C)CCCC1.I. The van der Waals surface area contributed by atoms with E-state index in [0.717, 1.165) is 26.2 Å². The van der Waals surface area contributed by atoms with E-state index in [4.69, 9.17) is 4.74 Å². The highest BCUT2D eigenvalue weighted by atomic mass is 127. The molecule has 0 unspecified atom stereocenters.